The number of ether oxygens (including phenoxy) is 1. The van der Waals surface area contributed by atoms with E-state index in [1.807, 2.05) is 0 Å². The van der Waals surface area contributed by atoms with Gasteiger partial charge in [-0.2, -0.15) is 8.61 Å². The topological polar surface area (TPSA) is 146 Å². The van der Waals surface area contributed by atoms with Crippen molar-refractivity contribution in [3.63, 3.8) is 0 Å². The summed E-state index contributed by atoms with van der Waals surface area (Å²) in [6.07, 6.45) is 2.89. The average Bonchev–Trinajstić information content (AvgIpc) is 2.98. The van der Waals surface area contributed by atoms with Crippen LogP contribution in [0.25, 0.3) is 10.8 Å². The summed E-state index contributed by atoms with van der Waals surface area (Å²) in [6, 6.07) is 10.9. The van der Waals surface area contributed by atoms with Crippen LogP contribution in [0.5, 0.6) is 11.5 Å². The van der Waals surface area contributed by atoms with Crippen LogP contribution in [0.3, 0.4) is 0 Å². The van der Waals surface area contributed by atoms with Crippen molar-refractivity contribution in [2.45, 2.75) is 15.8 Å². The maximum Gasteiger partial charge on any atom is 0.263 e. The average molecular weight is 639 g/mol. The van der Waals surface area contributed by atoms with Gasteiger partial charge in [-0.3, -0.25) is 15.0 Å². The molecule has 0 saturated carbocycles. The fraction of sp³-hybridized carbons (Fsp3) is 0.154. The number of fused-ring (bicyclic) bond motifs is 1. The van der Waals surface area contributed by atoms with Gasteiger partial charge in [-0.15, -0.1) is 0 Å². The summed E-state index contributed by atoms with van der Waals surface area (Å²) >= 11 is 5.80. The molecule has 1 amide bonds. The van der Waals surface area contributed by atoms with Crippen molar-refractivity contribution in [3.05, 3.63) is 89.7 Å². The number of carbonyl (C=O) groups is 1. The second-order valence-electron chi connectivity index (χ2n) is 9.10. The first-order valence-electron chi connectivity index (χ1n) is 12.1. The van der Waals surface area contributed by atoms with Crippen molar-refractivity contribution in [1.82, 2.24) is 19.1 Å². The standard InChI is InChI=1S/C26H21ClF2N4O7S2/c27-17-4-6-18(7-5-17)40-25-21(28)12-19(13-22(25)29)41(36,37)33-11-10-32(15-23(33)26(34)31-35)42(38,39)24-3-1-2-16-14-30-9-8-20(16)24/h1-9,12-14,23,35H,10-11,15H2,(H,31,34)/t23-/m1/s1. The maximum atomic E-state index is 14.9. The summed E-state index contributed by atoms with van der Waals surface area (Å²) < 4.78 is 90.8. The highest BCUT2D eigenvalue weighted by molar-refractivity contribution is 7.89. The van der Waals surface area contributed by atoms with E-state index in [9.17, 15) is 35.6 Å². The Kier molecular flexibility index (Phi) is 8.15. The lowest BCUT2D eigenvalue weighted by Gasteiger charge is -2.38. The Bertz CT molecular complexity index is 1870. The summed E-state index contributed by atoms with van der Waals surface area (Å²) in [7, 11) is -9.07. The number of benzene rings is 3. The van der Waals surface area contributed by atoms with Gasteiger partial charge >= 0.3 is 0 Å². The number of sulfonamides is 2. The predicted molar refractivity (Wildman–Crippen MR) is 146 cm³/mol. The van der Waals surface area contributed by atoms with Crippen molar-refractivity contribution in [1.29, 1.82) is 0 Å². The zero-order valence-corrected chi connectivity index (χ0v) is 23.7. The molecule has 1 aromatic heterocycles. The summed E-state index contributed by atoms with van der Waals surface area (Å²) in [5.41, 5.74) is 1.34. The number of hydroxylamine groups is 1. The molecule has 0 aliphatic carbocycles. The number of aromatic nitrogens is 1. The number of nitrogens with zero attached hydrogens (tertiary/aromatic N) is 3. The lowest BCUT2D eigenvalue weighted by molar-refractivity contribution is -0.134. The largest absolute Gasteiger partial charge is 0.451 e. The molecule has 1 saturated heterocycles. The first-order valence-corrected chi connectivity index (χ1v) is 15.4. The smallest absolute Gasteiger partial charge is 0.263 e. The monoisotopic (exact) mass is 638 g/mol. The number of carbonyl (C=O) groups excluding carboxylic acids is 1. The van der Waals surface area contributed by atoms with Gasteiger partial charge in [0.15, 0.2) is 17.4 Å². The van der Waals surface area contributed by atoms with E-state index in [0.717, 1.165) is 4.31 Å². The fourth-order valence-corrected chi connectivity index (χ4v) is 7.90. The maximum absolute atomic E-state index is 14.9. The van der Waals surface area contributed by atoms with Crippen LogP contribution in [-0.2, 0) is 24.8 Å². The number of piperazine rings is 1. The summed E-state index contributed by atoms with van der Waals surface area (Å²) in [6.45, 7) is -1.67. The molecule has 0 unspecified atom stereocenters. The van der Waals surface area contributed by atoms with Gasteiger partial charge < -0.3 is 4.74 Å². The van der Waals surface area contributed by atoms with Crippen LogP contribution >= 0.6 is 11.6 Å². The van der Waals surface area contributed by atoms with E-state index >= 15 is 0 Å². The van der Waals surface area contributed by atoms with E-state index < -0.39 is 73.9 Å². The lowest BCUT2D eigenvalue weighted by Crippen LogP contribution is -2.61. The van der Waals surface area contributed by atoms with Gasteiger partial charge in [0.1, 0.15) is 11.8 Å². The van der Waals surface area contributed by atoms with Gasteiger partial charge in [0.2, 0.25) is 20.0 Å². The van der Waals surface area contributed by atoms with E-state index in [1.165, 1.54) is 60.3 Å². The Morgan fingerprint density at radius 2 is 1.69 bits per heavy atom. The molecule has 2 N–H and O–H groups in total. The van der Waals surface area contributed by atoms with E-state index in [-0.39, 0.29) is 10.6 Å². The van der Waals surface area contributed by atoms with Crippen LogP contribution in [0.15, 0.2) is 82.8 Å². The van der Waals surface area contributed by atoms with Crippen molar-refractivity contribution in [2.24, 2.45) is 0 Å². The molecular weight excluding hydrogens is 618 g/mol. The van der Waals surface area contributed by atoms with Gasteiger partial charge in [0.25, 0.3) is 5.91 Å². The molecule has 0 bridgehead atoms. The number of halogens is 3. The number of nitrogens with one attached hydrogen (secondary N) is 1. The van der Waals surface area contributed by atoms with E-state index in [2.05, 4.69) is 4.98 Å². The third-order valence-electron chi connectivity index (χ3n) is 6.58. The zero-order chi connectivity index (χ0) is 30.2. The molecule has 1 aliphatic heterocycles. The van der Waals surface area contributed by atoms with Crippen LogP contribution in [0.4, 0.5) is 8.78 Å². The van der Waals surface area contributed by atoms with Crippen molar-refractivity contribution in [3.8, 4) is 11.5 Å². The molecule has 16 heteroatoms. The highest BCUT2D eigenvalue weighted by atomic mass is 35.5. The van der Waals surface area contributed by atoms with Gasteiger partial charge in [0.05, 0.1) is 9.79 Å². The number of hydrogen-bond acceptors (Lipinski definition) is 8. The Morgan fingerprint density at radius 3 is 2.36 bits per heavy atom. The summed E-state index contributed by atoms with van der Waals surface area (Å²) in [5, 5.41) is 10.6. The minimum absolute atomic E-state index is 0.0345. The van der Waals surface area contributed by atoms with E-state index in [0.29, 0.717) is 32.2 Å². The van der Waals surface area contributed by atoms with E-state index in [4.69, 9.17) is 16.3 Å². The first kappa shape index (κ1) is 29.8. The highest BCUT2D eigenvalue weighted by Gasteiger charge is 2.44. The SMILES string of the molecule is O=C(NO)[C@H]1CN(S(=O)(=O)c2cccc3cnccc23)CCN1S(=O)(=O)c1cc(F)c(Oc2ccc(Cl)cc2)c(F)c1. The van der Waals surface area contributed by atoms with Gasteiger partial charge in [-0.1, -0.05) is 23.7 Å². The molecule has 3 aromatic carbocycles. The molecule has 220 valence electrons. The lowest BCUT2D eigenvalue weighted by atomic mass is 10.2. The third kappa shape index (κ3) is 5.54. The molecule has 1 aliphatic rings. The minimum Gasteiger partial charge on any atom is -0.451 e. The van der Waals surface area contributed by atoms with E-state index in [1.54, 1.807) is 6.07 Å². The highest BCUT2D eigenvalue weighted by Crippen LogP contribution is 2.33. The van der Waals surface area contributed by atoms with Crippen LogP contribution in [0.2, 0.25) is 5.02 Å². The molecule has 0 radical (unpaired) electrons. The van der Waals surface area contributed by atoms with Crippen molar-refractivity contribution < 1.29 is 40.4 Å². The molecule has 0 spiro atoms. The zero-order valence-electron chi connectivity index (χ0n) is 21.3. The van der Waals surface area contributed by atoms with Crippen LogP contribution < -0.4 is 10.2 Å². The quantitative estimate of drug-likeness (QED) is 0.231. The van der Waals surface area contributed by atoms with Gasteiger partial charge in [-0.25, -0.2) is 31.1 Å². The third-order valence-corrected chi connectivity index (χ3v) is 10.6. The Hall–Kier alpha value is -3.73. The van der Waals surface area contributed by atoms with Gasteiger partial charge in [-0.05, 0) is 48.5 Å². The normalized spacial score (nSPS) is 16.8. The molecular formula is C26H21ClF2N4O7S2. The molecule has 2 heterocycles. The predicted octanol–water partition coefficient (Wildman–Crippen LogP) is 3.53. The van der Waals surface area contributed by atoms with Crippen molar-refractivity contribution in [2.75, 3.05) is 19.6 Å². The summed E-state index contributed by atoms with van der Waals surface area (Å²) in [4.78, 5) is 15.6. The summed E-state index contributed by atoms with van der Waals surface area (Å²) in [5.74, 6) is -4.78. The Labute approximate surface area is 244 Å². The molecule has 42 heavy (non-hydrogen) atoms. The van der Waals surface area contributed by atoms with Gasteiger partial charge in [0, 0.05) is 47.8 Å². The Balaban J connectivity index is 1.46. The number of pyridine rings is 1. The molecule has 4 aromatic rings. The molecule has 1 atom stereocenters. The van der Waals surface area contributed by atoms with Crippen LogP contribution in [-0.4, -0.2) is 67.2 Å². The minimum atomic E-state index is -4.80. The van der Waals surface area contributed by atoms with Crippen LogP contribution in [0, 0.1) is 11.6 Å². The fourth-order valence-electron chi connectivity index (χ4n) is 4.53. The Morgan fingerprint density at radius 1 is 1.00 bits per heavy atom. The molecule has 11 nitrogen and oxygen atoms in total. The van der Waals surface area contributed by atoms with Crippen LogP contribution in [0.1, 0.15) is 0 Å². The second kappa shape index (κ2) is 11.5. The number of amides is 1. The second-order valence-corrected chi connectivity index (χ2v) is 13.3. The molecule has 1 fully saturated rings. The number of rotatable bonds is 7. The molecule has 5 rings (SSSR count). The first-order chi connectivity index (χ1) is 19.9. The van der Waals surface area contributed by atoms with Crippen molar-refractivity contribution >= 4 is 48.3 Å². The number of hydrogen-bond donors (Lipinski definition) is 2.